The summed E-state index contributed by atoms with van der Waals surface area (Å²) in [7, 11) is 0. The van der Waals surface area contributed by atoms with Gasteiger partial charge in [0.05, 0.1) is 30.8 Å². The fourth-order valence-electron chi connectivity index (χ4n) is 3.96. The molecule has 0 spiro atoms. The highest BCUT2D eigenvalue weighted by atomic mass is 16.6. The van der Waals surface area contributed by atoms with E-state index in [2.05, 4.69) is 15.1 Å². The van der Waals surface area contributed by atoms with Crippen molar-refractivity contribution < 1.29 is 28.3 Å². The van der Waals surface area contributed by atoms with E-state index in [9.17, 15) is 19.2 Å². The van der Waals surface area contributed by atoms with Gasteiger partial charge in [-0.3, -0.25) is 19.4 Å². The Bertz CT molecular complexity index is 1150. The van der Waals surface area contributed by atoms with Crippen molar-refractivity contribution in [3.63, 3.8) is 0 Å². The molecule has 184 valence electrons. The number of H-pyrrole nitrogens is 1. The van der Waals surface area contributed by atoms with E-state index in [1.54, 1.807) is 13.8 Å². The molecule has 0 saturated heterocycles. The number of aromatic amines is 1. The van der Waals surface area contributed by atoms with Crippen molar-refractivity contribution in [3.8, 4) is 6.01 Å². The summed E-state index contributed by atoms with van der Waals surface area (Å²) in [5.41, 5.74) is -0.303. The molecule has 1 aliphatic carbocycles. The summed E-state index contributed by atoms with van der Waals surface area (Å²) in [5.74, 6) is -2.01. The first-order chi connectivity index (χ1) is 16.4. The second-order valence-electron chi connectivity index (χ2n) is 8.04. The number of hydrogen-bond donors (Lipinski definition) is 1. The number of ether oxygens (including phenoxy) is 2. The van der Waals surface area contributed by atoms with Crippen LogP contribution in [0.3, 0.4) is 0 Å². The molecule has 1 saturated carbocycles. The van der Waals surface area contributed by atoms with E-state index in [0.29, 0.717) is 17.7 Å². The topological polar surface area (TPSA) is 150 Å². The number of fused-ring (bicyclic) bond motifs is 1. The molecule has 2 atom stereocenters. The van der Waals surface area contributed by atoms with Crippen LogP contribution in [0.5, 0.6) is 6.01 Å². The lowest BCUT2D eigenvalue weighted by Gasteiger charge is -2.27. The smallest absolute Gasteiger partial charge is 0.337 e. The van der Waals surface area contributed by atoms with Crippen molar-refractivity contribution >= 4 is 28.8 Å². The summed E-state index contributed by atoms with van der Waals surface area (Å²) in [4.78, 5) is 61.1. The number of unbranched alkanes of at least 4 members (excludes halogenated alkanes) is 1. The van der Waals surface area contributed by atoms with Gasteiger partial charge in [-0.2, -0.15) is 4.98 Å². The Kier molecular flexibility index (Phi) is 8.55. The van der Waals surface area contributed by atoms with Crippen LogP contribution in [0.25, 0.3) is 11.1 Å². The standard InChI is InChI=1S/C23H29N3O8/c1-4-7-8-13-12-17(27)33-20-18(13)19(28)24-23(25-20)34-26-16-10-14(21(29)31-5-2)9-15(11-16)22(30)32-6-3/h12,14-15H,4-11H2,1-3H3,(H,24,25,28)/b26-16-/t14-,15?/m1/s1. The van der Waals surface area contributed by atoms with E-state index < -0.39 is 35.0 Å². The van der Waals surface area contributed by atoms with Crippen LogP contribution in [0.15, 0.2) is 25.2 Å². The van der Waals surface area contributed by atoms with Gasteiger partial charge in [-0.25, -0.2) is 4.79 Å². The van der Waals surface area contributed by atoms with Crippen molar-refractivity contribution in [2.24, 2.45) is 17.0 Å². The van der Waals surface area contributed by atoms with Crippen LogP contribution in [0.1, 0.15) is 58.4 Å². The van der Waals surface area contributed by atoms with E-state index in [1.165, 1.54) is 6.07 Å². The summed E-state index contributed by atoms with van der Waals surface area (Å²) in [6.07, 6.45) is 2.97. The van der Waals surface area contributed by atoms with Gasteiger partial charge in [-0.15, -0.1) is 0 Å². The van der Waals surface area contributed by atoms with Crippen molar-refractivity contribution in [1.82, 2.24) is 9.97 Å². The number of oxime groups is 1. The molecule has 2 heterocycles. The minimum atomic E-state index is -0.615. The maximum Gasteiger partial charge on any atom is 0.337 e. The SMILES string of the molecule is CCCCc1cc(=O)oc2nc(O/N=C3\CC(C(=O)OCC)C[C@@H](C(=O)OCC)C3)[nH]c(=O)c12. The van der Waals surface area contributed by atoms with Gasteiger partial charge in [-0.05, 0) is 38.7 Å². The number of aromatic nitrogens is 2. The van der Waals surface area contributed by atoms with Crippen LogP contribution in [-0.2, 0) is 25.5 Å². The number of carbonyl (C=O) groups is 2. The highest BCUT2D eigenvalue weighted by Crippen LogP contribution is 2.30. The van der Waals surface area contributed by atoms with Crippen LogP contribution in [0.2, 0.25) is 0 Å². The summed E-state index contributed by atoms with van der Waals surface area (Å²) in [6, 6.07) is 1.02. The fourth-order valence-corrected chi connectivity index (χ4v) is 3.96. The highest BCUT2D eigenvalue weighted by Gasteiger charge is 2.36. The first kappa shape index (κ1) is 25.1. The van der Waals surface area contributed by atoms with Gasteiger partial charge in [-0.1, -0.05) is 18.5 Å². The van der Waals surface area contributed by atoms with Crippen molar-refractivity contribution in [2.75, 3.05) is 13.2 Å². The predicted molar refractivity (Wildman–Crippen MR) is 122 cm³/mol. The van der Waals surface area contributed by atoms with Crippen LogP contribution in [-0.4, -0.2) is 40.8 Å². The molecule has 2 aromatic rings. The Morgan fingerprint density at radius 3 is 2.35 bits per heavy atom. The number of nitrogens with one attached hydrogen (secondary N) is 1. The van der Waals surface area contributed by atoms with Crippen LogP contribution < -0.4 is 16.0 Å². The third kappa shape index (κ3) is 6.09. The molecular weight excluding hydrogens is 446 g/mol. The zero-order chi connectivity index (χ0) is 24.7. The minimum Gasteiger partial charge on any atom is -0.466 e. The van der Waals surface area contributed by atoms with Crippen molar-refractivity contribution in [1.29, 1.82) is 0 Å². The summed E-state index contributed by atoms with van der Waals surface area (Å²) in [6.45, 7) is 5.85. The molecule has 1 N–H and O–H groups in total. The Hall–Kier alpha value is -3.50. The third-order valence-corrected chi connectivity index (χ3v) is 5.51. The lowest BCUT2D eigenvalue weighted by atomic mass is 9.80. The van der Waals surface area contributed by atoms with Gasteiger partial charge >= 0.3 is 23.6 Å². The van der Waals surface area contributed by atoms with E-state index >= 15 is 0 Å². The molecule has 0 aliphatic heterocycles. The maximum absolute atomic E-state index is 12.7. The number of aryl methyl sites for hydroxylation is 1. The summed E-state index contributed by atoms with van der Waals surface area (Å²) in [5, 5.41) is 4.22. The van der Waals surface area contributed by atoms with Gasteiger partial charge in [0.15, 0.2) is 0 Å². The molecule has 1 unspecified atom stereocenters. The summed E-state index contributed by atoms with van der Waals surface area (Å²) < 4.78 is 15.3. The van der Waals surface area contributed by atoms with E-state index in [1.807, 2.05) is 6.92 Å². The number of esters is 2. The number of nitrogens with zero attached hydrogens (tertiary/aromatic N) is 2. The monoisotopic (exact) mass is 475 g/mol. The predicted octanol–water partition coefficient (Wildman–Crippen LogP) is 2.50. The van der Waals surface area contributed by atoms with Gasteiger partial charge < -0.3 is 18.7 Å². The molecule has 0 radical (unpaired) electrons. The van der Waals surface area contributed by atoms with Gasteiger partial charge in [0.2, 0.25) is 5.71 Å². The quantitative estimate of drug-likeness (QED) is 0.426. The number of rotatable bonds is 9. The second-order valence-corrected chi connectivity index (χ2v) is 8.04. The van der Waals surface area contributed by atoms with Crippen LogP contribution >= 0.6 is 0 Å². The van der Waals surface area contributed by atoms with E-state index in [4.69, 9.17) is 18.7 Å². The molecule has 0 aromatic carbocycles. The largest absolute Gasteiger partial charge is 0.466 e. The first-order valence-corrected chi connectivity index (χ1v) is 11.5. The molecule has 11 heteroatoms. The molecule has 3 rings (SSSR count). The molecule has 1 fully saturated rings. The normalized spacial score (nSPS) is 19.2. The molecule has 0 bridgehead atoms. The molecule has 1 aliphatic rings. The van der Waals surface area contributed by atoms with E-state index in [-0.39, 0.29) is 49.6 Å². The first-order valence-electron chi connectivity index (χ1n) is 11.5. The third-order valence-electron chi connectivity index (χ3n) is 5.51. The Morgan fingerprint density at radius 2 is 1.76 bits per heavy atom. The van der Waals surface area contributed by atoms with E-state index in [0.717, 1.165) is 12.8 Å². The maximum atomic E-state index is 12.7. The lowest BCUT2D eigenvalue weighted by Crippen LogP contribution is -2.34. The Balaban J connectivity index is 1.87. The second kappa shape index (κ2) is 11.6. The molecule has 11 nitrogen and oxygen atoms in total. The van der Waals surface area contributed by atoms with Crippen molar-refractivity contribution in [3.05, 3.63) is 32.4 Å². The molecule has 0 amide bonds. The van der Waals surface area contributed by atoms with Crippen molar-refractivity contribution in [2.45, 2.75) is 59.3 Å². The lowest BCUT2D eigenvalue weighted by molar-refractivity contribution is -0.152. The van der Waals surface area contributed by atoms with Gasteiger partial charge in [0.25, 0.3) is 5.56 Å². The van der Waals surface area contributed by atoms with Gasteiger partial charge in [0.1, 0.15) is 5.39 Å². The molecular formula is C23H29N3O8. The zero-order valence-corrected chi connectivity index (χ0v) is 19.5. The summed E-state index contributed by atoms with van der Waals surface area (Å²) >= 11 is 0. The Morgan fingerprint density at radius 1 is 1.12 bits per heavy atom. The Labute approximate surface area is 195 Å². The molecule has 34 heavy (non-hydrogen) atoms. The van der Waals surface area contributed by atoms with Crippen LogP contribution in [0, 0.1) is 11.8 Å². The van der Waals surface area contributed by atoms with Gasteiger partial charge in [0, 0.05) is 18.9 Å². The average molecular weight is 475 g/mol. The number of hydrogen-bond acceptors (Lipinski definition) is 10. The number of carbonyl (C=O) groups excluding carboxylic acids is 2. The average Bonchev–Trinajstić information content (AvgIpc) is 2.80. The minimum absolute atomic E-state index is 0.144. The zero-order valence-electron chi connectivity index (χ0n) is 19.5. The van der Waals surface area contributed by atoms with Crippen LogP contribution in [0.4, 0.5) is 0 Å². The molecule has 2 aromatic heterocycles. The highest BCUT2D eigenvalue weighted by molar-refractivity contribution is 5.93. The fraction of sp³-hybridized carbons (Fsp3) is 0.565.